The molecule has 198 valence electrons. The van der Waals surface area contributed by atoms with Crippen molar-refractivity contribution in [2.75, 3.05) is 48.8 Å². The molecule has 0 bridgehead atoms. The van der Waals surface area contributed by atoms with Crippen molar-refractivity contribution in [3.8, 4) is 0 Å². The lowest BCUT2D eigenvalue weighted by atomic mass is 10.1. The molecule has 0 unspecified atom stereocenters. The minimum atomic E-state index is -4.58. The Morgan fingerprint density at radius 1 is 1.00 bits per heavy atom. The number of pyridine rings is 1. The van der Waals surface area contributed by atoms with Gasteiger partial charge in [-0.05, 0) is 67.6 Å². The van der Waals surface area contributed by atoms with E-state index in [0.29, 0.717) is 31.9 Å². The van der Waals surface area contributed by atoms with Gasteiger partial charge in [0, 0.05) is 67.3 Å². The number of halogens is 3. The van der Waals surface area contributed by atoms with Gasteiger partial charge in [-0.15, -0.1) is 0 Å². The van der Waals surface area contributed by atoms with Gasteiger partial charge >= 0.3 is 6.18 Å². The highest BCUT2D eigenvalue weighted by Gasteiger charge is 2.36. The lowest BCUT2D eigenvalue weighted by Gasteiger charge is -2.35. The van der Waals surface area contributed by atoms with Crippen LogP contribution in [0.15, 0.2) is 67.0 Å². The van der Waals surface area contributed by atoms with Gasteiger partial charge in [0.1, 0.15) is 0 Å². The molecule has 2 heterocycles. The van der Waals surface area contributed by atoms with Crippen LogP contribution in [0.3, 0.4) is 0 Å². The summed E-state index contributed by atoms with van der Waals surface area (Å²) in [7, 11) is 1.93. The predicted molar refractivity (Wildman–Crippen MR) is 142 cm³/mol. The normalized spacial score (nSPS) is 14.5. The first kappa shape index (κ1) is 26.9. The van der Waals surface area contributed by atoms with Crippen molar-refractivity contribution in [3.05, 3.63) is 89.3 Å². The Balaban J connectivity index is 1.49. The highest BCUT2D eigenvalue weighted by molar-refractivity contribution is 6.07. The van der Waals surface area contributed by atoms with Gasteiger partial charge in [0.2, 0.25) is 5.91 Å². The van der Waals surface area contributed by atoms with Crippen molar-refractivity contribution in [2.24, 2.45) is 0 Å². The number of likely N-dealkylation sites (N-methyl/N-ethyl adjacent to an activating group) is 1. The van der Waals surface area contributed by atoms with Gasteiger partial charge in [-0.25, -0.2) is 0 Å². The van der Waals surface area contributed by atoms with E-state index in [4.69, 9.17) is 0 Å². The maximum atomic E-state index is 13.9. The molecule has 0 atom stereocenters. The standard InChI is InChI=1S/C28H28F3N5O2/c1-19-5-7-21(16-24(19)34-26(37)10-6-20-4-3-11-32-18-20)27(38)33-22-8-9-25(23(17-22)28(29,30)31)36-14-12-35(2)13-15-36/h3-11,16-18H,12-15H2,1-2H3,(H,33,38)(H,34,37). The number of carbonyl (C=O) groups is 2. The molecule has 3 aromatic rings. The molecule has 0 aliphatic carbocycles. The van der Waals surface area contributed by atoms with Crippen molar-refractivity contribution >= 4 is 35.0 Å². The molecule has 10 heteroatoms. The van der Waals surface area contributed by atoms with Crippen molar-refractivity contribution < 1.29 is 22.8 Å². The van der Waals surface area contributed by atoms with Crippen LogP contribution in [0.2, 0.25) is 0 Å². The van der Waals surface area contributed by atoms with Gasteiger partial charge in [-0.3, -0.25) is 14.6 Å². The lowest BCUT2D eigenvalue weighted by molar-refractivity contribution is -0.137. The van der Waals surface area contributed by atoms with Gasteiger partial charge in [0.05, 0.1) is 5.56 Å². The first-order valence-corrected chi connectivity index (χ1v) is 12.1. The molecule has 2 aromatic carbocycles. The maximum Gasteiger partial charge on any atom is 0.418 e. The fourth-order valence-electron chi connectivity index (χ4n) is 4.09. The van der Waals surface area contributed by atoms with Gasteiger partial charge < -0.3 is 20.4 Å². The van der Waals surface area contributed by atoms with Crippen molar-refractivity contribution in [1.29, 1.82) is 0 Å². The first-order valence-electron chi connectivity index (χ1n) is 12.1. The Bertz CT molecular complexity index is 1330. The second kappa shape index (κ2) is 11.5. The van der Waals surface area contributed by atoms with E-state index in [9.17, 15) is 22.8 Å². The Labute approximate surface area is 219 Å². The Morgan fingerprint density at radius 3 is 2.45 bits per heavy atom. The summed E-state index contributed by atoms with van der Waals surface area (Å²) in [6.45, 7) is 4.08. The number of hydrogen-bond acceptors (Lipinski definition) is 5. The van der Waals surface area contributed by atoms with Crippen LogP contribution < -0.4 is 15.5 Å². The van der Waals surface area contributed by atoms with Crippen LogP contribution in [0.25, 0.3) is 6.08 Å². The minimum Gasteiger partial charge on any atom is -0.368 e. The summed E-state index contributed by atoms with van der Waals surface area (Å²) >= 11 is 0. The van der Waals surface area contributed by atoms with Gasteiger partial charge in [-0.1, -0.05) is 12.1 Å². The summed E-state index contributed by atoms with van der Waals surface area (Å²) in [4.78, 5) is 33.1. The molecule has 2 N–H and O–H groups in total. The molecular weight excluding hydrogens is 495 g/mol. The number of nitrogens with one attached hydrogen (secondary N) is 2. The van der Waals surface area contributed by atoms with Gasteiger partial charge in [-0.2, -0.15) is 13.2 Å². The van der Waals surface area contributed by atoms with Crippen LogP contribution in [-0.2, 0) is 11.0 Å². The van der Waals surface area contributed by atoms with Crippen LogP contribution in [0.4, 0.5) is 30.2 Å². The SMILES string of the molecule is Cc1ccc(C(=O)Nc2ccc(N3CCN(C)CC3)c(C(F)(F)F)c2)cc1NC(=O)C=Cc1cccnc1. The van der Waals surface area contributed by atoms with Gasteiger partial charge in [0.15, 0.2) is 0 Å². The highest BCUT2D eigenvalue weighted by Crippen LogP contribution is 2.38. The molecular formula is C28H28F3N5O2. The number of piperazine rings is 1. The van der Waals surface area contributed by atoms with Crippen molar-refractivity contribution in [3.63, 3.8) is 0 Å². The molecule has 0 spiro atoms. The first-order chi connectivity index (χ1) is 18.1. The second-order valence-corrected chi connectivity index (χ2v) is 9.11. The molecule has 38 heavy (non-hydrogen) atoms. The van der Waals surface area contributed by atoms with E-state index in [1.54, 1.807) is 54.6 Å². The summed E-state index contributed by atoms with van der Waals surface area (Å²) in [5.41, 5.74) is 1.43. The van der Waals surface area contributed by atoms with E-state index < -0.39 is 23.6 Å². The number of anilines is 3. The number of aromatic nitrogens is 1. The fourth-order valence-corrected chi connectivity index (χ4v) is 4.09. The zero-order valence-corrected chi connectivity index (χ0v) is 21.0. The molecule has 1 aliphatic rings. The fraction of sp³-hybridized carbons (Fsp3) is 0.250. The van der Waals surface area contributed by atoms with Crippen molar-refractivity contribution in [1.82, 2.24) is 9.88 Å². The van der Waals surface area contributed by atoms with E-state index in [1.807, 2.05) is 7.05 Å². The zero-order chi connectivity index (χ0) is 27.3. The molecule has 1 aromatic heterocycles. The second-order valence-electron chi connectivity index (χ2n) is 9.11. The highest BCUT2D eigenvalue weighted by atomic mass is 19.4. The molecule has 4 rings (SSSR count). The van der Waals surface area contributed by atoms with Crippen LogP contribution in [0, 0.1) is 6.92 Å². The molecule has 0 radical (unpaired) electrons. The average molecular weight is 524 g/mol. The van der Waals surface area contributed by atoms with Crippen molar-refractivity contribution in [2.45, 2.75) is 13.1 Å². The van der Waals surface area contributed by atoms with Crippen LogP contribution >= 0.6 is 0 Å². The topological polar surface area (TPSA) is 77.6 Å². The summed E-state index contributed by atoms with van der Waals surface area (Å²) in [6.07, 6.45) is 1.62. The van der Waals surface area contributed by atoms with E-state index in [0.717, 1.165) is 17.2 Å². The monoisotopic (exact) mass is 523 g/mol. The molecule has 1 aliphatic heterocycles. The molecule has 1 fully saturated rings. The summed E-state index contributed by atoms with van der Waals surface area (Å²) < 4.78 is 41.7. The number of carbonyl (C=O) groups excluding carboxylic acids is 2. The number of hydrogen-bond donors (Lipinski definition) is 2. The number of nitrogens with zero attached hydrogens (tertiary/aromatic N) is 3. The third kappa shape index (κ3) is 6.77. The Kier molecular flexibility index (Phi) is 8.11. The van der Waals surface area contributed by atoms with Crippen LogP contribution in [0.5, 0.6) is 0 Å². The lowest BCUT2D eigenvalue weighted by Crippen LogP contribution is -2.45. The Hall–Kier alpha value is -4.18. The largest absolute Gasteiger partial charge is 0.418 e. The molecule has 1 saturated heterocycles. The number of aryl methyl sites for hydroxylation is 1. The van der Waals surface area contributed by atoms with Crippen LogP contribution in [0.1, 0.15) is 27.0 Å². The summed E-state index contributed by atoms with van der Waals surface area (Å²) in [6, 6.07) is 12.1. The molecule has 2 amide bonds. The third-order valence-electron chi connectivity index (χ3n) is 6.27. The number of benzene rings is 2. The zero-order valence-electron chi connectivity index (χ0n) is 21.0. The Morgan fingerprint density at radius 2 is 1.76 bits per heavy atom. The van der Waals surface area contributed by atoms with E-state index in [1.165, 1.54) is 24.3 Å². The quantitative estimate of drug-likeness (QED) is 0.442. The minimum absolute atomic E-state index is 0.0331. The van der Waals surface area contributed by atoms with E-state index in [-0.39, 0.29) is 16.9 Å². The number of amides is 2. The maximum absolute atomic E-state index is 13.9. The third-order valence-corrected chi connectivity index (χ3v) is 6.27. The molecule has 7 nitrogen and oxygen atoms in total. The van der Waals surface area contributed by atoms with Crippen LogP contribution in [-0.4, -0.2) is 54.9 Å². The molecule has 0 saturated carbocycles. The summed E-state index contributed by atoms with van der Waals surface area (Å²) in [5, 5.41) is 5.29. The predicted octanol–water partition coefficient (Wildman–Crippen LogP) is 5.06. The van der Waals surface area contributed by atoms with Gasteiger partial charge in [0.25, 0.3) is 5.91 Å². The number of rotatable bonds is 6. The smallest absolute Gasteiger partial charge is 0.368 e. The number of alkyl halides is 3. The average Bonchev–Trinajstić information content (AvgIpc) is 2.89. The summed E-state index contributed by atoms with van der Waals surface area (Å²) in [5.74, 6) is -0.990. The van der Waals surface area contributed by atoms with E-state index in [2.05, 4.69) is 20.5 Å². The van der Waals surface area contributed by atoms with E-state index >= 15 is 0 Å².